The maximum atomic E-state index is 12.8. The fourth-order valence-corrected chi connectivity index (χ4v) is 1.81. The second-order valence-corrected chi connectivity index (χ2v) is 4.13. The number of aromatic amines is 1. The normalized spacial score (nSPS) is 10.7. The van der Waals surface area contributed by atoms with Gasteiger partial charge in [0.2, 0.25) is 5.78 Å². The number of fused-ring (bicyclic) bond motifs is 1. The van der Waals surface area contributed by atoms with Gasteiger partial charge in [-0.15, -0.1) is 0 Å². The molecule has 0 radical (unpaired) electrons. The van der Waals surface area contributed by atoms with Crippen molar-refractivity contribution in [3.05, 3.63) is 70.0 Å². The molecule has 2 heterocycles. The number of aromatic nitrogens is 3. The van der Waals surface area contributed by atoms with Crippen LogP contribution in [0.1, 0.15) is 16.1 Å². The number of hydrogen-bond acceptors (Lipinski definition) is 4. The third-order valence-electron chi connectivity index (χ3n) is 2.79. The van der Waals surface area contributed by atoms with Gasteiger partial charge in [0, 0.05) is 11.8 Å². The molecule has 5 nitrogen and oxygen atoms in total. The van der Waals surface area contributed by atoms with Crippen molar-refractivity contribution in [2.45, 2.75) is 0 Å². The maximum absolute atomic E-state index is 12.8. The maximum Gasteiger partial charge on any atom is 0.278 e. The van der Waals surface area contributed by atoms with Crippen LogP contribution in [0.25, 0.3) is 11.2 Å². The molecule has 3 rings (SSSR count). The molecule has 0 unspecified atom stereocenters. The van der Waals surface area contributed by atoms with E-state index in [4.69, 9.17) is 0 Å². The Balaban J connectivity index is 2.14. The summed E-state index contributed by atoms with van der Waals surface area (Å²) in [6.45, 7) is 0. The van der Waals surface area contributed by atoms with Crippen molar-refractivity contribution in [1.82, 2.24) is 15.0 Å². The molecular formula is C14H8FN3O2. The highest BCUT2D eigenvalue weighted by molar-refractivity contribution is 6.07. The quantitative estimate of drug-likeness (QED) is 0.718. The first kappa shape index (κ1) is 12.2. The highest BCUT2D eigenvalue weighted by Gasteiger charge is 2.16. The van der Waals surface area contributed by atoms with Crippen LogP contribution >= 0.6 is 0 Å². The fraction of sp³-hybridized carbons (Fsp3) is 0. The van der Waals surface area contributed by atoms with Crippen LogP contribution < -0.4 is 5.56 Å². The molecule has 0 atom stereocenters. The van der Waals surface area contributed by atoms with Crippen molar-refractivity contribution >= 4 is 16.9 Å². The highest BCUT2D eigenvalue weighted by atomic mass is 19.1. The Kier molecular flexibility index (Phi) is 2.83. The van der Waals surface area contributed by atoms with Crippen LogP contribution in [-0.4, -0.2) is 20.7 Å². The number of pyridine rings is 1. The summed E-state index contributed by atoms with van der Waals surface area (Å²) in [5.41, 5.74) is 0.0630. The lowest BCUT2D eigenvalue weighted by atomic mass is 10.1. The number of ketones is 1. The monoisotopic (exact) mass is 269 g/mol. The average Bonchev–Trinajstić information content (AvgIpc) is 2.46. The van der Waals surface area contributed by atoms with Crippen molar-refractivity contribution in [3.8, 4) is 0 Å². The van der Waals surface area contributed by atoms with Gasteiger partial charge in [-0.3, -0.25) is 9.59 Å². The van der Waals surface area contributed by atoms with E-state index in [0.29, 0.717) is 5.52 Å². The lowest BCUT2D eigenvalue weighted by Gasteiger charge is -2.01. The minimum atomic E-state index is -0.597. The van der Waals surface area contributed by atoms with E-state index in [1.165, 1.54) is 18.3 Å². The van der Waals surface area contributed by atoms with Crippen molar-refractivity contribution in [2.75, 3.05) is 0 Å². The molecule has 6 heteroatoms. The molecule has 0 aliphatic carbocycles. The second kappa shape index (κ2) is 4.65. The molecule has 0 saturated heterocycles. The molecule has 98 valence electrons. The van der Waals surface area contributed by atoms with Crippen LogP contribution in [0.3, 0.4) is 0 Å². The zero-order chi connectivity index (χ0) is 14.1. The number of carbonyl (C=O) groups excluding carboxylic acids is 1. The van der Waals surface area contributed by atoms with E-state index in [0.717, 1.165) is 12.1 Å². The number of rotatable bonds is 2. The van der Waals surface area contributed by atoms with Gasteiger partial charge >= 0.3 is 0 Å². The molecule has 3 aromatic rings. The molecule has 0 aliphatic heterocycles. The minimum absolute atomic E-state index is 0.194. The Morgan fingerprint density at radius 1 is 1.15 bits per heavy atom. The van der Waals surface area contributed by atoms with Crippen LogP contribution in [0.2, 0.25) is 0 Å². The van der Waals surface area contributed by atoms with Crippen LogP contribution in [0.5, 0.6) is 0 Å². The molecule has 0 bridgehead atoms. The van der Waals surface area contributed by atoms with Crippen molar-refractivity contribution in [1.29, 1.82) is 0 Å². The second-order valence-electron chi connectivity index (χ2n) is 4.13. The zero-order valence-corrected chi connectivity index (χ0v) is 10.1. The largest absolute Gasteiger partial charge is 0.317 e. The summed E-state index contributed by atoms with van der Waals surface area (Å²) in [7, 11) is 0. The number of benzene rings is 1. The van der Waals surface area contributed by atoms with Crippen LogP contribution in [-0.2, 0) is 0 Å². The van der Waals surface area contributed by atoms with Gasteiger partial charge in [-0.25, -0.2) is 14.4 Å². The number of nitrogens with one attached hydrogen (secondary N) is 1. The molecule has 0 saturated carbocycles. The van der Waals surface area contributed by atoms with Gasteiger partial charge in [0.1, 0.15) is 5.82 Å². The lowest BCUT2D eigenvalue weighted by Crippen LogP contribution is -2.21. The summed E-state index contributed by atoms with van der Waals surface area (Å²) >= 11 is 0. The molecule has 2 aromatic heterocycles. The molecule has 0 spiro atoms. The van der Waals surface area contributed by atoms with E-state index in [9.17, 15) is 14.0 Å². The van der Waals surface area contributed by atoms with Gasteiger partial charge in [-0.05, 0) is 36.4 Å². The topological polar surface area (TPSA) is 75.7 Å². The third-order valence-corrected chi connectivity index (χ3v) is 2.79. The lowest BCUT2D eigenvalue weighted by molar-refractivity contribution is 0.103. The van der Waals surface area contributed by atoms with Gasteiger partial charge < -0.3 is 4.98 Å². The van der Waals surface area contributed by atoms with E-state index < -0.39 is 17.2 Å². The molecule has 0 aliphatic rings. The molecule has 0 amide bonds. The van der Waals surface area contributed by atoms with Gasteiger partial charge in [0.25, 0.3) is 5.56 Å². The average molecular weight is 269 g/mol. The summed E-state index contributed by atoms with van der Waals surface area (Å²) in [6.07, 6.45) is 1.51. The number of hydrogen-bond donors (Lipinski definition) is 1. The smallest absolute Gasteiger partial charge is 0.278 e. The summed E-state index contributed by atoms with van der Waals surface area (Å²) in [6, 6.07) is 8.22. The summed E-state index contributed by atoms with van der Waals surface area (Å²) in [4.78, 5) is 34.6. The zero-order valence-electron chi connectivity index (χ0n) is 10.1. The van der Waals surface area contributed by atoms with Crippen molar-refractivity contribution in [2.24, 2.45) is 0 Å². The molecular weight excluding hydrogens is 261 g/mol. The first-order chi connectivity index (χ1) is 9.65. The standard InChI is InChI=1S/C14H8FN3O2/c15-9-5-3-8(4-6-9)12(19)11-14(20)17-10-2-1-7-16-13(10)18-11/h1-7H,(H,17,20). The number of nitrogens with zero attached hydrogens (tertiary/aromatic N) is 2. The molecule has 1 N–H and O–H groups in total. The fourth-order valence-electron chi connectivity index (χ4n) is 1.81. The van der Waals surface area contributed by atoms with E-state index in [1.54, 1.807) is 12.1 Å². The van der Waals surface area contributed by atoms with Gasteiger partial charge in [-0.1, -0.05) is 0 Å². The Morgan fingerprint density at radius 2 is 1.90 bits per heavy atom. The molecule has 0 fully saturated rings. The van der Waals surface area contributed by atoms with Crippen molar-refractivity contribution in [3.63, 3.8) is 0 Å². The number of halogens is 1. The van der Waals surface area contributed by atoms with Crippen LogP contribution in [0, 0.1) is 5.82 Å². The molecule has 20 heavy (non-hydrogen) atoms. The summed E-state index contributed by atoms with van der Waals surface area (Å²) in [5.74, 6) is -1.03. The Morgan fingerprint density at radius 3 is 2.65 bits per heavy atom. The number of carbonyl (C=O) groups is 1. The predicted octanol–water partition coefficient (Wildman–Crippen LogP) is 1.69. The van der Waals surface area contributed by atoms with E-state index in [-0.39, 0.29) is 16.9 Å². The molecule has 1 aromatic carbocycles. The highest BCUT2D eigenvalue weighted by Crippen LogP contribution is 2.09. The first-order valence-corrected chi connectivity index (χ1v) is 5.80. The van der Waals surface area contributed by atoms with Gasteiger partial charge in [0.05, 0.1) is 5.52 Å². The van der Waals surface area contributed by atoms with E-state index in [1.807, 2.05) is 0 Å². The van der Waals surface area contributed by atoms with E-state index >= 15 is 0 Å². The predicted molar refractivity (Wildman–Crippen MR) is 70.0 cm³/mol. The Labute approximate surface area is 112 Å². The van der Waals surface area contributed by atoms with Gasteiger partial charge in [0.15, 0.2) is 11.3 Å². The van der Waals surface area contributed by atoms with Crippen LogP contribution in [0.4, 0.5) is 4.39 Å². The van der Waals surface area contributed by atoms with Crippen molar-refractivity contribution < 1.29 is 9.18 Å². The summed E-state index contributed by atoms with van der Waals surface area (Å²) in [5, 5.41) is 0. The third kappa shape index (κ3) is 2.07. The summed E-state index contributed by atoms with van der Waals surface area (Å²) < 4.78 is 12.8. The van der Waals surface area contributed by atoms with Gasteiger partial charge in [-0.2, -0.15) is 0 Å². The Hall–Kier alpha value is -2.89. The number of H-pyrrole nitrogens is 1. The first-order valence-electron chi connectivity index (χ1n) is 5.80. The SMILES string of the molecule is O=C(c1ccc(F)cc1)c1nc2ncccc2[nH]c1=O. The van der Waals surface area contributed by atoms with E-state index in [2.05, 4.69) is 15.0 Å². The minimum Gasteiger partial charge on any atom is -0.317 e. The Bertz CT molecular complexity index is 856. The van der Waals surface area contributed by atoms with Crippen LogP contribution in [0.15, 0.2) is 47.4 Å².